The highest BCUT2D eigenvalue weighted by molar-refractivity contribution is 9.10. The molecule has 20 heavy (non-hydrogen) atoms. The van der Waals surface area contributed by atoms with Gasteiger partial charge in [0.2, 0.25) is 0 Å². The second-order valence-corrected chi connectivity index (χ2v) is 6.87. The summed E-state index contributed by atoms with van der Waals surface area (Å²) in [6.07, 6.45) is 9.24. The normalized spacial score (nSPS) is 17.1. The van der Waals surface area contributed by atoms with Gasteiger partial charge in [0.15, 0.2) is 5.11 Å². The summed E-state index contributed by atoms with van der Waals surface area (Å²) in [7, 11) is 0. The lowest BCUT2D eigenvalue weighted by molar-refractivity contribution is 0.430. The Morgan fingerprint density at radius 3 is 2.45 bits per heavy atom. The predicted molar refractivity (Wildman–Crippen MR) is 94.3 cm³/mol. The van der Waals surface area contributed by atoms with Crippen molar-refractivity contribution in [2.45, 2.75) is 57.9 Å². The summed E-state index contributed by atoms with van der Waals surface area (Å²) in [5.74, 6) is 0. The lowest BCUT2D eigenvalue weighted by atomic mass is 9.97. The van der Waals surface area contributed by atoms with E-state index in [2.05, 4.69) is 45.6 Å². The molecule has 2 rings (SSSR count). The van der Waals surface area contributed by atoms with Gasteiger partial charge in [0.25, 0.3) is 0 Å². The third kappa shape index (κ3) is 5.06. The molecule has 0 amide bonds. The molecule has 4 heteroatoms. The predicted octanol–water partition coefficient (Wildman–Crippen LogP) is 5.16. The number of anilines is 1. The molecule has 0 saturated heterocycles. The Kier molecular flexibility index (Phi) is 6.30. The second kappa shape index (κ2) is 7.99. The number of hydrogen-bond acceptors (Lipinski definition) is 1. The largest absolute Gasteiger partial charge is 0.360 e. The van der Waals surface area contributed by atoms with Crippen LogP contribution in [-0.4, -0.2) is 11.2 Å². The van der Waals surface area contributed by atoms with E-state index in [0.717, 1.165) is 15.3 Å². The van der Waals surface area contributed by atoms with Crippen LogP contribution in [0.25, 0.3) is 0 Å². The molecule has 1 aromatic carbocycles. The maximum Gasteiger partial charge on any atom is 0.170 e. The Labute approximate surface area is 135 Å². The summed E-state index contributed by atoms with van der Waals surface area (Å²) in [6.45, 7) is 2.08. The fourth-order valence-electron chi connectivity index (χ4n) is 2.68. The molecular formula is C16H23BrN2S. The lowest BCUT2D eigenvalue weighted by Gasteiger charge is -2.23. The van der Waals surface area contributed by atoms with E-state index in [0.29, 0.717) is 6.04 Å². The number of rotatable bonds is 2. The van der Waals surface area contributed by atoms with Crippen LogP contribution in [0.2, 0.25) is 0 Å². The van der Waals surface area contributed by atoms with Gasteiger partial charge in [-0.2, -0.15) is 0 Å². The van der Waals surface area contributed by atoms with Crippen LogP contribution in [0.3, 0.4) is 0 Å². The minimum atomic E-state index is 0.534. The van der Waals surface area contributed by atoms with Crippen LogP contribution < -0.4 is 10.6 Å². The van der Waals surface area contributed by atoms with E-state index in [1.54, 1.807) is 0 Å². The Morgan fingerprint density at radius 2 is 1.80 bits per heavy atom. The van der Waals surface area contributed by atoms with Crippen molar-refractivity contribution in [2.24, 2.45) is 0 Å². The summed E-state index contributed by atoms with van der Waals surface area (Å²) in [5.41, 5.74) is 2.26. The Bertz CT molecular complexity index is 454. The van der Waals surface area contributed by atoms with Crippen LogP contribution in [0.1, 0.15) is 50.5 Å². The zero-order valence-corrected chi connectivity index (χ0v) is 14.4. The highest BCUT2D eigenvalue weighted by Crippen LogP contribution is 2.20. The van der Waals surface area contributed by atoms with E-state index < -0.39 is 0 Å². The molecule has 110 valence electrons. The SMILES string of the molecule is Cc1cc(NC(=S)NC2CCCCCCC2)ccc1Br. The molecule has 1 aliphatic rings. The van der Waals surface area contributed by atoms with Crippen molar-refractivity contribution in [2.75, 3.05) is 5.32 Å². The van der Waals surface area contributed by atoms with Crippen molar-refractivity contribution >= 4 is 38.9 Å². The first-order chi connectivity index (χ1) is 9.65. The van der Waals surface area contributed by atoms with Crippen LogP contribution in [0.4, 0.5) is 5.69 Å². The number of benzene rings is 1. The van der Waals surface area contributed by atoms with E-state index in [1.807, 2.05) is 6.07 Å². The summed E-state index contributed by atoms with van der Waals surface area (Å²) >= 11 is 8.95. The third-order valence-electron chi connectivity index (χ3n) is 3.86. The van der Waals surface area contributed by atoms with Crippen LogP contribution in [0.5, 0.6) is 0 Å². The molecule has 2 N–H and O–H groups in total. The number of halogens is 1. The van der Waals surface area contributed by atoms with Gasteiger partial charge in [0, 0.05) is 16.2 Å². The standard InChI is InChI=1S/C16H23BrN2S/c1-12-11-14(9-10-15(12)17)19-16(20)18-13-7-5-3-2-4-6-8-13/h9-11,13H,2-8H2,1H3,(H2,18,19,20). The minimum absolute atomic E-state index is 0.534. The highest BCUT2D eigenvalue weighted by Gasteiger charge is 2.12. The first kappa shape index (κ1) is 15.8. The van der Waals surface area contributed by atoms with Crippen LogP contribution in [0.15, 0.2) is 22.7 Å². The quantitative estimate of drug-likeness (QED) is 0.717. The van der Waals surface area contributed by atoms with E-state index in [9.17, 15) is 0 Å². The number of aryl methyl sites for hydroxylation is 1. The fourth-order valence-corrected chi connectivity index (χ4v) is 3.21. The molecule has 0 atom stereocenters. The van der Waals surface area contributed by atoms with E-state index in [4.69, 9.17) is 12.2 Å². The Hall–Kier alpha value is -0.610. The molecule has 1 aliphatic carbocycles. The van der Waals surface area contributed by atoms with Gasteiger partial charge in [-0.25, -0.2) is 0 Å². The van der Waals surface area contributed by atoms with Gasteiger partial charge in [-0.05, 0) is 55.7 Å². The van der Waals surface area contributed by atoms with Gasteiger partial charge in [0.05, 0.1) is 0 Å². The summed E-state index contributed by atoms with van der Waals surface area (Å²) in [6, 6.07) is 6.74. The third-order valence-corrected chi connectivity index (χ3v) is 4.97. The van der Waals surface area contributed by atoms with Crippen LogP contribution >= 0.6 is 28.1 Å². The molecular weight excluding hydrogens is 332 g/mol. The van der Waals surface area contributed by atoms with Gasteiger partial charge in [0.1, 0.15) is 0 Å². The molecule has 2 nitrogen and oxygen atoms in total. The maximum atomic E-state index is 5.44. The van der Waals surface area contributed by atoms with Crippen molar-refractivity contribution < 1.29 is 0 Å². The number of nitrogens with one attached hydrogen (secondary N) is 2. The average Bonchev–Trinajstić information content (AvgIpc) is 2.37. The molecule has 0 aliphatic heterocycles. The Balaban J connectivity index is 1.85. The smallest absolute Gasteiger partial charge is 0.170 e. The molecule has 0 radical (unpaired) electrons. The molecule has 1 fully saturated rings. The van der Waals surface area contributed by atoms with Gasteiger partial charge in [-0.15, -0.1) is 0 Å². The van der Waals surface area contributed by atoms with E-state index >= 15 is 0 Å². The van der Waals surface area contributed by atoms with Crippen molar-refractivity contribution in [3.05, 3.63) is 28.2 Å². The molecule has 0 bridgehead atoms. The summed E-state index contributed by atoms with van der Waals surface area (Å²) in [4.78, 5) is 0. The van der Waals surface area contributed by atoms with Crippen molar-refractivity contribution in [1.29, 1.82) is 0 Å². The van der Waals surface area contributed by atoms with Crippen molar-refractivity contribution in [3.8, 4) is 0 Å². The maximum absolute atomic E-state index is 5.44. The Morgan fingerprint density at radius 1 is 1.15 bits per heavy atom. The zero-order valence-electron chi connectivity index (χ0n) is 12.0. The molecule has 0 aromatic heterocycles. The minimum Gasteiger partial charge on any atom is -0.360 e. The van der Waals surface area contributed by atoms with Gasteiger partial charge in [-0.1, -0.05) is 48.0 Å². The van der Waals surface area contributed by atoms with Gasteiger partial charge >= 0.3 is 0 Å². The van der Waals surface area contributed by atoms with Crippen molar-refractivity contribution in [3.63, 3.8) is 0 Å². The van der Waals surface area contributed by atoms with Gasteiger partial charge in [-0.3, -0.25) is 0 Å². The summed E-state index contributed by atoms with van der Waals surface area (Å²) < 4.78 is 1.13. The molecule has 0 heterocycles. The van der Waals surface area contributed by atoms with Crippen LogP contribution in [-0.2, 0) is 0 Å². The van der Waals surface area contributed by atoms with Crippen LogP contribution in [0, 0.1) is 6.92 Å². The summed E-state index contributed by atoms with van der Waals surface area (Å²) in [5, 5.41) is 7.52. The molecule has 1 saturated carbocycles. The van der Waals surface area contributed by atoms with Gasteiger partial charge < -0.3 is 10.6 Å². The molecule has 0 unspecified atom stereocenters. The highest BCUT2D eigenvalue weighted by atomic mass is 79.9. The fraction of sp³-hybridized carbons (Fsp3) is 0.562. The second-order valence-electron chi connectivity index (χ2n) is 5.60. The topological polar surface area (TPSA) is 24.1 Å². The van der Waals surface area contributed by atoms with E-state index in [1.165, 1.54) is 50.5 Å². The number of thiocarbonyl (C=S) groups is 1. The lowest BCUT2D eigenvalue weighted by Crippen LogP contribution is -2.38. The zero-order chi connectivity index (χ0) is 14.4. The average molecular weight is 355 g/mol. The van der Waals surface area contributed by atoms with E-state index in [-0.39, 0.29) is 0 Å². The first-order valence-electron chi connectivity index (χ1n) is 7.49. The van der Waals surface area contributed by atoms with Crippen molar-refractivity contribution in [1.82, 2.24) is 5.32 Å². The molecule has 1 aromatic rings. The first-order valence-corrected chi connectivity index (χ1v) is 8.69. The molecule has 0 spiro atoms. The number of hydrogen-bond donors (Lipinski definition) is 2. The monoisotopic (exact) mass is 354 g/mol.